The molecule has 1 aliphatic rings. The summed E-state index contributed by atoms with van der Waals surface area (Å²) >= 11 is 3.69. The molecule has 0 radical (unpaired) electrons. The van der Waals surface area contributed by atoms with Crippen LogP contribution in [0, 0.1) is 5.92 Å². The van der Waals surface area contributed by atoms with Crippen LogP contribution in [0.25, 0.3) is 0 Å². The van der Waals surface area contributed by atoms with Gasteiger partial charge in [-0.25, -0.2) is 0 Å². The summed E-state index contributed by atoms with van der Waals surface area (Å²) in [5, 5.41) is 12.6. The molecule has 0 saturated carbocycles. The van der Waals surface area contributed by atoms with Gasteiger partial charge in [0.2, 0.25) is 0 Å². The van der Waals surface area contributed by atoms with E-state index in [4.69, 9.17) is 0 Å². The fourth-order valence-corrected chi connectivity index (χ4v) is 3.30. The number of piperidine rings is 1. The lowest BCUT2D eigenvalue weighted by atomic mass is 9.98. The van der Waals surface area contributed by atoms with Crippen molar-refractivity contribution in [2.24, 2.45) is 5.92 Å². The third-order valence-electron chi connectivity index (χ3n) is 4.02. The summed E-state index contributed by atoms with van der Waals surface area (Å²) in [7, 11) is 1.98. The van der Waals surface area contributed by atoms with Crippen LogP contribution >= 0.6 is 15.9 Å². The number of rotatable bonds is 4. The topological polar surface area (TPSA) is 35.5 Å². The van der Waals surface area contributed by atoms with Gasteiger partial charge in [0.1, 0.15) is 0 Å². The Morgan fingerprint density at radius 3 is 2.95 bits per heavy atom. The first-order valence-electron chi connectivity index (χ1n) is 6.98. The van der Waals surface area contributed by atoms with Crippen LogP contribution in [0.15, 0.2) is 22.7 Å². The first-order chi connectivity index (χ1) is 9.15. The number of hydrogen-bond acceptors (Lipinski definition) is 3. The van der Waals surface area contributed by atoms with Gasteiger partial charge < -0.3 is 15.3 Å². The van der Waals surface area contributed by atoms with Crippen molar-refractivity contribution in [1.29, 1.82) is 0 Å². The van der Waals surface area contributed by atoms with E-state index >= 15 is 0 Å². The maximum atomic E-state index is 9.33. The first kappa shape index (κ1) is 14.8. The summed E-state index contributed by atoms with van der Waals surface area (Å²) in [4.78, 5) is 2.38. The van der Waals surface area contributed by atoms with E-state index in [1.807, 2.05) is 7.05 Å². The van der Waals surface area contributed by atoms with E-state index in [-0.39, 0.29) is 0 Å². The number of aliphatic hydroxyl groups excluding tert-OH is 1. The molecule has 0 aromatic heterocycles. The van der Waals surface area contributed by atoms with E-state index in [9.17, 15) is 5.11 Å². The molecular formula is C15H23BrN2O. The predicted molar refractivity (Wildman–Crippen MR) is 83.6 cm³/mol. The molecule has 0 spiro atoms. The highest BCUT2D eigenvalue weighted by Crippen LogP contribution is 2.32. The predicted octanol–water partition coefficient (Wildman–Crippen LogP) is 2.94. The molecule has 1 aromatic rings. The van der Waals surface area contributed by atoms with E-state index in [1.54, 1.807) is 0 Å². The molecule has 0 amide bonds. The number of benzene rings is 1. The summed E-state index contributed by atoms with van der Waals surface area (Å²) in [6.45, 7) is 4.49. The van der Waals surface area contributed by atoms with Crippen LogP contribution in [0.4, 0.5) is 5.69 Å². The second-order valence-corrected chi connectivity index (χ2v) is 6.21. The van der Waals surface area contributed by atoms with Gasteiger partial charge in [0, 0.05) is 30.2 Å². The molecule has 3 nitrogen and oxygen atoms in total. The summed E-state index contributed by atoms with van der Waals surface area (Å²) in [5.41, 5.74) is 2.53. The van der Waals surface area contributed by atoms with E-state index in [1.165, 1.54) is 11.3 Å². The molecule has 2 rings (SSSR count). The van der Waals surface area contributed by atoms with E-state index in [0.29, 0.717) is 18.6 Å². The highest BCUT2D eigenvalue weighted by molar-refractivity contribution is 9.10. The van der Waals surface area contributed by atoms with Gasteiger partial charge in [0.25, 0.3) is 0 Å². The maximum absolute atomic E-state index is 9.33. The maximum Gasteiger partial charge on any atom is 0.0510 e. The Bertz CT molecular complexity index is 425. The quantitative estimate of drug-likeness (QED) is 0.893. The highest BCUT2D eigenvalue weighted by Gasteiger charge is 2.21. The van der Waals surface area contributed by atoms with Crippen LogP contribution in [0.5, 0.6) is 0 Å². The molecule has 19 heavy (non-hydrogen) atoms. The Kier molecular flexibility index (Phi) is 5.25. The van der Waals surface area contributed by atoms with Gasteiger partial charge in [-0.05, 0) is 66.4 Å². The summed E-state index contributed by atoms with van der Waals surface area (Å²) < 4.78 is 1.14. The normalized spacial score (nSPS) is 21.5. The second kappa shape index (κ2) is 6.73. The van der Waals surface area contributed by atoms with Gasteiger partial charge in [-0.15, -0.1) is 0 Å². The van der Waals surface area contributed by atoms with Gasteiger partial charge in [0.15, 0.2) is 0 Å². The molecule has 1 saturated heterocycles. The molecular weight excluding hydrogens is 304 g/mol. The lowest BCUT2D eigenvalue weighted by Gasteiger charge is -2.34. The van der Waals surface area contributed by atoms with Crippen molar-refractivity contribution in [3.63, 3.8) is 0 Å². The molecule has 0 aliphatic carbocycles. The molecule has 2 N–H and O–H groups in total. The van der Waals surface area contributed by atoms with E-state index in [2.05, 4.69) is 51.3 Å². The van der Waals surface area contributed by atoms with Crippen LogP contribution in [-0.2, 0) is 0 Å². The number of anilines is 1. The Morgan fingerprint density at radius 2 is 2.32 bits per heavy atom. The SMILES string of the molecule is CNC(C)c1ccc(N2CCCC(CO)C2)c(Br)c1. The lowest BCUT2D eigenvalue weighted by molar-refractivity contribution is 0.208. The largest absolute Gasteiger partial charge is 0.396 e. The van der Waals surface area contributed by atoms with E-state index in [0.717, 1.165) is 30.4 Å². The zero-order chi connectivity index (χ0) is 13.8. The number of nitrogens with one attached hydrogen (secondary N) is 1. The average Bonchev–Trinajstić information content (AvgIpc) is 2.46. The molecule has 1 aromatic carbocycles. The average molecular weight is 327 g/mol. The molecule has 1 heterocycles. The van der Waals surface area contributed by atoms with Gasteiger partial charge in [0.05, 0.1) is 5.69 Å². The third-order valence-corrected chi connectivity index (χ3v) is 4.66. The van der Waals surface area contributed by atoms with Gasteiger partial charge in [-0.1, -0.05) is 6.07 Å². The Hall–Kier alpha value is -0.580. The zero-order valence-corrected chi connectivity index (χ0v) is 13.3. The van der Waals surface area contributed by atoms with Crippen molar-refractivity contribution < 1.29 is 5.11 Å². The van der Waals surface area contributed by atoms with Gasteiger partial charge in [-0.3, -0.25) is 0 Å². The Balaban J connectivity index is 2.16. The van der Waals surface area contributed by atoms with Crippen molar-refractivity contribution >= 4 is 21.6 Å². The Morgan fingerprint density at radius 1 is 1.53 bits per heavy atom. The van der Waals surface area contributed by atoms with Crippen molar-refractivity contribution in [3.05, 3.63) is 28.2 Å². The molecule has 1 fully saturated rings. The minimum atomic E-state index is 0.295. The number of hydrogen-bond donors (Lipinski definition) is 2. The highest BCUT2D eigenvalue weighted by atomic mass is 79.9. The molecule has 2 unspecified atom stereocenters. The molecule has 1 aliphatic heterocycles. The van der Waals surface area contributed by atoms with Crippen molar-refractivity contribution in [2.45, 2.75) is 25.8 Å². The monoisotopic (exact) mass is 326 g/mol. The molecule has 4 heteroatoms. The zero-order valence-electron chi connectivity index (χ0n) is 11.7. The smallest absolute Gasteiger partial charge is 0.0510 e. The van der Waals surface area contributed by atoms with Crippen LogP contribution < -0.4 is 10.2 Å². The van der Waals surface area contributed by atoms with Gasteiger partial charge >= 0.3 is 0 Å². The fraction of sp³-hybridized carbons (Fsp3) is 0.600. The van der Waals surface area contributed by atoms with Crippen LogP contribution in [-0.4, -0.2) is 31.9 Å². The van der Waals surface area contributed by atoms with Gasteiger partial charge in [-0.2, -0.15) is 0 Å². The van der Waals surface area contributed by atoms with E-state index < -0.39 is 0 Å². The van der Waals surface area contributed by atoms with Crippen molar-refractivity contribution in [2.75, 3.05) is 31.6 Å². The first-order valence-corrected chi connectivity index (χ1v) is 7.77. The minimum absolute atomic E-state index is 0.295. The van der Waals surface area contributed by atoms with Crippen molar-refractivity contribution in [3.8, 4) is 0 Å². The minimum Gasteiger partial charge on any atom is -0.396 e. The molecule has 0 bridgehead atoms. The van der Waals surface area contributed by atoms with Crippen LogP contribution in [0.2, 0.25) is 0 Å². The van der Waals surface area contributed by atoms with Crippen LogP contribution in [0.3, 0.4) is 0 Å². The molecule has 2 atom stereocenters. The van der Waals surface area contributed by atoms with Crippen molar-refractivity contribution in [1.82, 2.24) is 5.32 Å². The Labute approximate surface area is 124 Å². The summed E-state index contributed by atoms with van der Waals surface area (Å²) in [5.74, 6) is 0.413. The molecule has 106 valence electrons. The fourth-order valence-electron chi connectivity index (χ4n) is 2.65. The number of nitrogens with zero attached hydrogens (tertiary/aromatic N) is 1. The number of aliphatic hydroxyl groups is 1. The standard InChI is InChI=1S/C15H23BrN2O/c1-11(17-2)13-5-6-15(14(16)8-13)18-7-3-4-12(9-18)10-19/h5-6,8,11-12,17,19H,3-4,7,9-10H2,1-2H3. The third kappa shape index (κ3) is 3.50. The lowest BCUT2D eigenvalue weighted by Crippen LogP contribution is -2.37. The summed E-state index contributed by atoms with van der Waals surface area (Å²) in [6, 6.07) is 6.92. The number of halogens is 1. The van der Waals surface area contributed by atoms with Crippen LogP contribution in [0.1, 0.15) is 31.4 Å². The second-order valence-electron chi connectivity index (χ2n) is 5.36. The summed E-state index contributed by atoms with van der Waals surface area (Å²) in [6.07, 6.45) is 2.30.